The van der Waals surface area contributed by atoms with Gasteiger partial charge in [-0.05, 0) is 15.9 Å². The maximum absolute atomic E-state index is 12.3. The lowest BCUT2D eigenvalue weighted by molar-refractivity contribution is -0.0503. The molecule has 0 atom stereocenters. The summed E-state index contributed by atoms with van der Waals surface area (Å²) < 4.78 is 31.1. The minimum atomic E-state index is -2.89. The summed E-state index contributed by atoms with van der Waals surface area (Å²) >= 11 is 3.36. The van der Waals surface area contributed by atoms with Crippen molar-refractivity contribution in [3.63, 3.8) is 0 Å². The number of alkyl halides is 2. The van der Waals surface area contributed by atoms with E-state index in [2.05, 4.69) is 30.6 Å². The molecule has 0 radical (unpaired) electrons. The first-order valence-corrected chi connectivity index (χ1v) is 6.48. The Kier molecular flexibility index (Phi) is 3.35. The van der Waals surface area contributed by atoms with E-state index in [9.17, 15) is 8.78 Å². The summed E-state index contributed by atoms with van der Waals surface area (Å²) in [6.07, 6.45) is 2.66. The van der Waals surface area contributed by atoms with Gasteiger partial charge in [0.1, 0.15) is 4.60 Å². The molecule has 3 aromatic rings. The Morgan fingerprint density at radius 2 is 1.95 bits per heavy atom. The van der Waals surface area contributed by atoms with Crippen LogP contribution in [0.15, 0.2) is 47.3 Å². The van der Waals surface area contributed by atoms with Gasteiger partial charge in [0, 0.05) is 5.56 Å². The molecule has 0 saturated carbocycles. The molecule has 0 aliphatic heterocycles. The molecule has 3 rings (SSSR count). The van der Waals surface area contributed by atoms with E-state index < -0.39 is 6.61 Å². The van der Waals surface area contributed by atoms with Crippen LogP contribution in [-0.4, -0.2) is 21.0 Å². The Labute approximate surface area is 121 Å². The molecule has 20 heavy (non-hydrogen) atoms. The van der Waals surface area contributed by atoms with Crippen LogP contribution < -0.4 is 4.74 Å². The van der Waals surface area contributed by atoms with Crippen LogP contribution in [0.3, 0.4) is 0 Å². The Morgan fingerprint density at radius 3 is 2.65 bits per heavy atom. The molecule has 0 fully saturated rings. The van der Waals surface area contributed by atoms with Crippen molar-refractivity contribution in [1.82, 2.24) is 14.4 Å². The van der Waals surface area contributed by atoms with E-state index in [1.807, 2.05) is 30.3 Å². The fourth-order valence-electron chi connectivity index (χ4n) is 1.91. The first-order chi connectivity index (χ1) is 9.65. The summed E-state index contributed by atoms with van der Waals surface area (Å²) in [4.78, 5) is 8.24. The van der Waals surface area contributed by atoms with Crippen LogP contribution in [0.2, 0.25) is 0 Å². The first-order valence-electron chi connectivity index (χ1n) is 5.69. The molecule has 0 unspecified atom stereocenters. The minimum Gasteiger partial charge on any atom is -0.432 e. The normalized spacial score (nSPS) is 11.2. The molecule has 0 saturated heterocycles. The molecule has 7 heteroatoms. The summed E-state index contributed by atoms with van der Waals surface area (Å²) in [7, 11) is 0. The van der Waals surface area contributed by atoms with Crippen molar-refractivity contribution < 1.29 is 13.5 Å². The average Bonchev–Trinajstić information content (AvgIpc) is 2.74. The van der Waals surface area contributed by atoms with Crippen molar-refractivity contribution >= 4 is 21.7 Å². The smallest absolute Gasteiger partial charge is 0.387 e. The molecule has 1 aromatic carbocycles. The molecule has 2 aromatic heterocycles. The molecule has 0 bridgehead atoms. The fraction of sp³-hybridized carbons (Fsp3) is 0.0769. The van der Waals surface area contributed by atoms with E-state index in [4.69, 9.17) is 0 Å². The number of benzene rings is 1. The minimum absolute atomic E-state index is 0.0189. The zero-order chi connectivity index (χ0) is 14.1. The zero-order valence-electron chi connectivity index (χ0n) is 10.0. The van der Waals surface area contributed by atoms with Crippen molar-refractivity contribution in [2.45, 2.75) is 6.61 Å². The molecule has 2 heterocycles. The molecule has 0 aliphatic rings. The van der Waals surface area contributed by atoms with E-state index in [1.165, 1.54) is 12.4 Å². The highest BCUT2D eigenvalue weighted by Gasteiger charge is 2.14. The first kappa shape index (κ1) is 13.0. The number of hydrogen-bond acceptors (Lipinski definition) is 3. The van der Waals surface area contributed by atoms with Crippen LogP contribution in [0, 0.1) is 0 Å². The molecule has 0 spiro atoms. The summed E-state index contributed by atoms with van der Waals surface area (Å²) in [6, 6.07) is 9.45. The highest BCUT2D eigenvalue weighted by atomic mass is 79.9. The van der Waals surface area contributed by atoms with E-state index in [1.54, 1.807) is 4.40 Å². The standard InChI is InChI=1S/C13H8BrF2N3O/c14-11-10(8-4-2-1-3-5-8)19-7-9(20-12(15)16)6-17-13(19)18-11/h1-7,12H. The van der Waals surface area contributed by atoms with Gasteiger partial charge in [0.2, 0.25) is 5.78 Å². The molecular weight excluding hydrogens is 332 g/mol. The van der Waals surface area contributed by atoms with Crippen LogP contribution in [-0.2, 0) is 0 Å². The summed E-state index contributed by atoms with van der Waals surface area (Å²) in [5.41, 5.74) is 1.62. The van der Waals surface area contributed by atoms with E-state index in [0.29, 0.717) is 10.4 Å². The van der Waals surface area contributed by atoms with Gasteiger partial charge in [-0.2, -0.15) is 8.78 Å². The summed E-state index contributed by atoms with van der Waals surface area (Å²) in [5.74, 6) is 0.381. The maximum Gasteiger partial charge on any atom is 0.387 e. The van der Waals surface area contributed by atoms with Gasteiger partial charge >= 0.3 is 6.61 Å². The summed E-state index contributed by atoms with van der Waals surface area (Å²) in [6.45, 7) is -2.89. The second kappa shape index (κ2) is 5.16. The Balaban J connectivity index is 2.18. The van der Waals surface area contributed by atoms with Gasteiger partial charge in [-0.25, -0.2) is 9.97 Å². The van der Waals surface area contributed by atoms with Gasteiger partial charge in [0.15, 0.2) is 5.75 Å². The molecule has 0 amide bonds. The quantitative estimate of drug-likeness (QED) is 0.729. The van der Waals surface area contributed by atoms with Gasteiger partial charge in [-0.3, -0.25) is 4.40 Å². The lowest BCUT2D eigenvalue weighted by Gasteiger charge is -2.06. The topological polar surface area (TPSA) is 39.4 Å². The van der Waals surface area contributed by atoms with Crippen molar-refractivity contribution in [1.29, 1.82) is 0 Å². The van der Waals surface area contributed by atoms with Crippen molar-refractivity contribution in [3.8, 4) is 17.0 Å². The van der Waals surface area contributed by atoms with Gasteiger partial charge in [0.05, 0.1) is 18.1 Å². The third kappa shape index (κ3) is 2.36. The Hall–Kier alpha value is -2.02. The Bertz CT molecular complexity index is 746. The lowest BCUT2D eigenvalue weighted by Crippen LogP contribution is -2.03. The highest BCUT2D eigenvalue weighted by Crippen LogP contribution is 2.29. The number of imidazole rings is 1. The van der Waals surface area contributed by atoms with Gasteiger partial charge in [-0.1, -0.05) is 30.3 Å². The van der Waals surface area contributed by atoms with Crippen molar-refractivity contribution in [2.24, 2.45) is 0 Å². The number of aromatic nitrogens is 3. The third-order valence-electron chi connectivity index (χ3n) is 2.69. The van der Waals surface area contributed by atoms with Crippen LogP contribution in [0.4, 0.5) is 8.78 Å². The Morgan fingerprint density at radius 1 is 1.20 bits per heavy atom. The van der Waals surface area contributed by atoms with Crippen LogP contribution in [0.25, 0.3) is 17.0 Å². The maximum atomic E-state index is 12.3. The second-order valence-corrected chi connectivity index (χ2v) is 4.71. The van der Waals surface area contributed by atoms with Crippen LogP contribution in [0.1, 0.15) is 0 Å². The number of rotatable bonds is 3. The number of ether oxygens (including phenoxy) is 1. The third-order valence-corrected chi connectivity index (χ3v) is 3.24. The van der Waals surface area contributed by atoms with Gasteiger partial charge < -0.3 is 4.74 Å². The number of nitrogens with zero attached hydrogens (tertiary/aromatic N) is 3. The van der Waals surface area contributed by atoms with E-state index in [-0.39, 0.29) is 5.75 Å². The SMILES string of the molecule is FC(F)Oc1cnc2nc(Br)c(-c3ccccc3)n2c1. The van der Waals surface area contributed by atoms with Crippen LogP contribution >= 0.6 is 15.9 Å². The van der Waals surface area contributed by atoms with E-state index in [0.717, 1.165) is 11.3 Å². The lowest BCUT2D eigenvalue weighted by atomic mass is 10.2. The van der Waals surface area contributed by atoms with E-state index >= 15 is 0 Å². The second-order valence-electron chi connectivity index (χ2n) is 3.96. The molecule has 0 N–H and O–H groups in total. The number of fused-ring (bicyclic) bond motifs is 1. The van der Waals surface area contributed by atoms with Crippen LogP contribution in [0.5, 0.6) is 5.75 Å². The zero-order valence-corrected chi connectivity index (χ0v) is 11.6. The van der Waals surface area contributed by atoms with Gasteiger partial charge in [0.25, 0.3) is 0 Å². The number of halogens is 3. The number of hydrogen-bond donors (Lipinski definition) is 0. The molecule has 102 valence electrons. The van der Waals surface area contributed by atoms with Crippen molar-refractivity contribution in [3.05, 3.63) is 47.3 Å². The summed E-state index contributed by atoms with van der Waals surface area (Å²) in [5, 5.41) is 0. The highest BCUT2D eigenvalue weighted by molar-refractivity contribution is 9.10. The monoisotopic (exact) mass is 339 g/mol. The predicted molar refractivity (Wildman–Crippen MR) is 72.8 cm³/mol. The largest absolute Gasteiger partial charge is 0.432 e. The predicted octanol–water partition coefficient (Wildman–Crippen LogP) is 3.76. The molecular formula is C13H8BrF2N3O. The fourth-order valence-corrected chi connectivity index (χ4v) is 2.49. The van der Waals surface area contributed by atoms with Crippen molar-refractivity contribution in [2.75, 3.05) is 0 Å². The van der Waals surface area contributed by atoms with Gasteiger partial charge in [-0.15, -0.1) is 0 Å². The molecule has 4 nitrogen and oxygen atoms in total. The molecule has 0 aliphatic carbocycles. The average molecular weight is 340 g/mol.